The molecule has 0 heterocycles. The van der Waals surface area contributed by atoms with E-state index in [1.807, 2.05) is 51.1 Å². The molecule has 0 amide bonds. The van der Waals surface area contributed by atoms with Gasteiger partial charge in [0.2, 0.25) is 0 Å². The smallest absolute Gasteiger partial charge is 0.105 e. The second kappa shape index (κ2) is 4.83. The quantitative estimate of drug-likeness (QED) is 0.793. The number of hydrogen-bond acceptors (Lipinski definition) is 2. The normalized spacial score (nSPS) is 12.4. The number of aliphatic hydroxyl groups excluding tert-OH is 1. The summed E-state index contributed by atoms with van der Waals surface area (Å²) in [5.74, 6) is 0. The molecule has 1 unspecified atom stereocenters. The molecule has 2 aromatic rings. The minimum atomic E-state index is -0.617. The van der Waals surface area contributed by atoms with Crippen LogP contribution in [0.15, 0.2) is 36.4 Å². The van der Waals surface area contributed by atoms with Crippen LogP contribution in [0.5, 0.6) is 0 Å². The van der Waals surface area contributed by atoms with Crippen LogP contribution in [0, 0.1) is 20.8 Å². The number of hydrogen-bond donors (Lipinski definition) is 2. The van der Waals surface area contributed by atoms with Crippen LogP contribution >= 0.6 is 0 Å². The van der Waals surface area contributed by atoms with Gasteiger partial charge in [0.25, 0.3) is 0 Å². The maximum absolute atomic E-state index is 10.5. The largest absolute Gasteiger partial charge is 0.399 e. The van der Waals surface area contributed by atoms with E-state index in [1.54, 1.807) is 0 Å². The van der Waals surface area contributed by atoms with Crippen molar-refractivity contribution in [2.45, 2.75) is 26.9 Å². The first-order chi connectivity index (χ1) is 8.50. The van der Waals surface area contributed by atoms with Gasteiger partial charge in [-0.3, -0.25) is 0 Å². The molecule has 0 aromatic heterocycles. The summed E-state index contributed by atoms with van der Waals surface area (Å²) in [6, 6.07) is 11.8. The average Bonchev–Trinajstić information content (AvgIpc) is 2.35. The summed E-state index contributed by atoms with van der Waals surface area (Å²) in [5.41, 5.74) is 11.6. The first-order valence-corrected chi connectivity index (χ1v) is 6.11. The molecular weight excluding hydrogens is 222 g/mol. The number of nitrogens with two attached hydrogens (primary N) is 1. The van der Waals surface area contributed by atoms with Crippen LogP contribution in [-0.2, 0) is 0 Å². The molecule has 0 fully saturated rings. The second-order valence-corrected chi connectivity index (χ2v) is 4.82. The highest BCUT2D eigenvalue weighted by atomic mass is 16.3. The van der Waals surface area contributed by atoms with Crippen molar-refractivity contribution in [3.8, 4) is 0 Å². The first-order valence-electron chi connectivity index (χ1n) is 6.11. The van der Waals surface area contributed by atoms with E-state index in [9.17, 15) is 5.11 Å². The number of anilines is 1. The van der Waals surface area contributed by atoms with E-state index in [-0.39, 0.29) is 0 Å². The van der Waals surface area contributed by atoms with Crippen molar-refractivity contribution in [2.75, 3.05) is 5.73 Å². The van der Waals surface area contributed by atoms with Gasteiger partial charge in [-0.25, -0.2) is 0 Å². The Morgan fingerprint density at radius 2 is 1.72 bits per heavy atom. The molecule has 0 bridgehead atoms. The Morgan fingerprint density at radius 3 is 2.44 bits per heavy atom. The summed E-state index contributed by atoms with van der Waals surface area (Å²) in [6.45, 7) is 5.99. The second-order valence-electron chi connectivity index (χ2n) is 4.82. The molecule has 0 radical (unpaired) electrons. The van der Waals surface area contributed by atoms with Crippen molar-refractivity contribution in [3.05, 3.63) is 64.2 Å². The monoisotopic (exact) mass is 241 g/mol. The zero-order chi connectivity index (χ0) is 13.3. The van der Waals surface area contributed by atoms with E-state index in [0.717, 1.165) is 33.5 Å². The van der Waals surface area contributed by atoms with Gasteiger partial charge in [0, 0.05) is 5.69 Å². The number of nitrogen functional groups attached to an aromatic ring is 1. The average molecular weight is 241 g/mol. The summed E-state index contributed by atoms with van der Waals surface area (Å²) in [6.07, 6.45) is -0.617. The van der Waals surface area contributed by atoms with E-state index in [0.29, 0.717) is 0 Å². The molecule has 2 rings (SSSR count). The highest BCUT2D eigenvalue weighted by Crippen LogP contribution is 2.29. The fourth-order valence-electron chi connectivity index (χ4n) is 2.19. The Balaban J connectivity index is 2.51. The molecular formula is C16H19NO. The molecule has 94 valence electrons. The molecule has 0 saturated carbocycles. The van der Waals surface area contributed by atoms with Crippen LogP contribution in [0.3, 0.4) is 0 Å². The summed E-state index contributed by atoms with van der Waals surface area (Å²) < 4.78 is 0. The van der Waals surface area contributed by atoms with Gasteiger partial charge in [0.1, 0.15) is 6.10 Å². The predicted octanol–water partition coefficient (Wildman–Crippen LogP) is 3.28. The summed E-state index contributed by atoms with van der Waals surface area (Å²) in [5, 5.41) is 10.5. The standard InChI is InChI=1S/C16H19NO/c1-10-7-8-11(2)14(9-10)16(18)13-5-4-6-15(17)12(13)3/h4-9,16,18H,17H2,1-3H3. The number of benzene rings is 2. The Labute approximate surface area is 108 Å². The zero-order valence-corrected chi connectivity index (χ0v) is 11.1. The van der Waals surface area contributed by atoms with Gasteiger partial charge in [-0.1, -0.05) is 35.9 Å². The lowest BCUT2D eigenvalue weighted by atomic mass is 9.93. The van der Waals surface area contributed by atoms with Crippen LogP contribution in [-0.4, -0.2) is 5.11 Å². The molecule has 0 aliphatic heterocycles. The van der Waals surface area contributed by atoms with Crippen molar-refractivity contribution >= 4 is 5.69 Å². The van der Waals surface area contributed by atoms with Crippen LogP contribution in [0.1, 0.15) is 33.9 Å². The minimum Gasteiger partial charge on any atom is -0.399 e. The van der Waals surface area contributed by atoms with Gasteiger partial charge in [0.15, 0.2) is 0 Å². The maximum Gasteiger partial charge on any atom is 0.105 e. The summed E-state index contributed by atoms with van der Waals surface area (Å²) >= 11 is 0. The summed E-state index contributed by atoms with van der Waals surface area (Å²) in [7, 11) is 0. The van der Waals surface area contributed by atoms with Crippen LogP contribution in [0.2, 0.25) is 0 Å². The van der Waals surface area contributed by atoms with E-state index >= 15 is 0 Å². The molecule has 0 saturated heterocycles. The van der Waals surface area contributed by atoms with Gasteiger partial charge >= 0.3 is 0 Å². The highest BCUT2D eigenvalue weighted by Gasteiger charge is 2.15. The fraction of sp³-hybridized carbons (Fsp3) is 0.250. The van der Waals surface area contributed by atoms with Crippen molar-refractivity contribution in [2.24, 2.45) is 0 Å². The third-order valence-corrected chi connectivity index (χ3v) is 3.44. The molecule has 2 heteroatoms. The molecule has 0 aliphatic carbocycles. The molecule has 18 heavy (non-hydrogen) atoms. The Bertz CT molecular complexity index is 573. The molecule has 2 nitrogen and oxygen atoms in total. The van der Waals surface area contributed by atoms with Gasteiger partial charge < -0.3 is 10.8 Å². The van der Waals surface area contributed by atoms with Crippen LogP contribution in [0.4, 0.5) is 5.69 Å². The molecule has 0 aliphatic rings. The number of aliphatic hydroxyl groups is 1. The van der Waals surface area contributed by atoms with Gasteiger partial charge in [-0.2, -0.15) is 0 Å². The van der Waals surface area contributed by atoms with Crippen molar-refractivity contribution in [1.29, 1.82) is 0 Å². The number of rotatable bonds is 2. The van der Waals surface area contributed by atoms with E-state index in [1.165, 1.54) is 0 Å². The van der Waals surface area contributed by atoms with Crippen molar-refractivity contribution in [3.63, 3.8) is 0 Å². The van der Waals surface area contributed by atoms with Gasteiger partial charge in [-0.05, 0) is 49.1 Å². The predicted molar refractivity (Wildman–Crippen MR) is 75.6 cm³/mol. The lowest BCUT2D eigenvalue weighted by Crippen LogP contribution is -2.06. The molecule has 2 aromatic carbocycles. The van der Waals surface area contributed by atoms with E-state index in [2.05, 4.69) is 6.07 Å². The first kappa shape index (κ1) is 12.7. The molecule has 3 N–H and O–H groups in total. The topological polar surface area (TPSA) is 46.2 Å². The van der Waals surface area contributed by atoms with Gasteiger partial charge in [-0.15, -0.1) is 0 Å². The zero-order valence-electron chi connectivity index (χ0n) is 11.1. The minimum absolute atomic E-state index is 0.617. The van der Waals surface area contributed by atoms with Crippen molar-refractivity contribution < 1.29 is 5.11 Å². The lowest BCUT2D eigenvalue weighted by molar-refractivity contribution is 0.219. The third kappa shape index (κ3) is 2.24. The number of aryl methyl sites for hydroxylation is 2. The van der Waals surface area contributed by atoms with Crippen LogP contribution in [0.25, 0.3) is 0 Å². The fourth-order valence-corrected chi connectivity index (χ4v) is 2.19. The Hall–Kier alpha value is -1.80. The van der Waals surface area contributed by atoms with Gasteiger partial charge in [0.05, 0.1) is 0 Å². The highest BCUT2D eigenvalue weighted by molar-refractivity contribution is 5.52. The SMILES string of the molecule is Cc1ccc(C)c(C(O)c2cccc(N)c2C)c1. The van der Waals surface area contributed by atoms with Crippen molar-refractivity contribution in [1.82, 2.24) is 0 Å². The Kier molecular flexibility index (Phi) is 3.39. The molecule has 0 spiro atoms. The molecule has 1 atom stereocenters. The third-order valence-electron chi connectivity index (χ3n) is 3.44. The lowest BCUT2D eigenvalue weighted by Gasteiger charge is -2.18. The summed E-state index contributed by atoms with van der Waals surface area (Å²) in [4.78, 5) is 0. The van der Waals surface area contributed by atoms with E-state index in [4.69, 9.17) is 5.73 Å². The van der Waals surface area contributed by atoms with E-state index < -0.39 is 6.10 Å². The Morgan fingerprint density at radius 1 is 1.00 bits per heavy atom. The maximum atomic E-state index is 10.5. The van der Waals surface area contributed by atoms with Crippen LogP contribution < -0.4 is 5.73 Å².